The van der Waals surface area contributed by atoms with Crippen molar-refractivity contribution < 1.29 is 9.21 Å². The molecule has 1 aromatic rings. The molecule has 20 heavy (non-hydrogen) atoms. The Hall–Kier alpha value is -0.810. The van der Waals surface area contributed by atoms with Gasteiger partial charge in [-0.25, -0.2) is 0 Å². The number of hydrogen-bond acceptors (Lipinski definition) is 3. The van der Waals surface area contributed by atoms with Gasteiger partial charge in [0.25, 0.3) is 5.91 Å². The van der Waals surface area contributed by atoms with Crippen LogP contribution in [-0.4, -0.2) is 47.4 Å². The van der Waals surface area contributed by atoms with Crippen molar-refractivity contribution in [3.8, 4) is 0 Å². The van der Waals surface area contributed by atoms with Crippen molar-refractivity contribution in [3.05, 3.63) is 22.6 Å². The SMILES string of the molecule is CCN1CCC[C@@H]1[C@@H]1CCCN1C(=O)c1ccc(Br)o1. The summed E-state index contributed by atoms with van der Waals surface area (Å²) in [7, 11) is 0. The average Bonchev–Trinajstić information content (AvgIpc) is 3.16. The molecule has 0 radical (unpaired) electrons. The van der Waals surface area contributed by atoms with E-state index in [1.165, 1.54) is 19.4 Å². The van der Waals surface area contributed by atoms with Gasteiger partial charge in [0.15, 0.2) is 10.4 Å². The summed E-state index contributed by atoms with van der Waals surface area (Å²) < 4.78 is 6.05. The largest absolute Gasteiger partial charge is 0.444 e. The van der Waals surface area contributed by atoms with E-state index < -0.39 is 0 Å². The van der Waals surface area contributed by atoms with E-state index >= 15 is 0 Å². The quantitative estimate of drug-likeness (QED) is 0.848. The first-order chi connectivity index (χ1) is 9.70. The molecule has 0 N–H and O–H groups in total. The minimum absolute atomic E-state index is 0.0427. The first-order valence-corrected chi connectivity index (χ1v) is 8.30. The molecule has 2 aliphatic heterocycles. The molecule has 0 unspecified atom stereocenters. The molecule has 3 heterocycles. The van der Waals surface area contributed by atoms with E-state index in [2.05, 4.69) is 27.8 Å². The van der Waals surface area contributed by atoms with Crippen LogP contribution in [0.4, 0.5) is 0 Å². The minimum atomic E-state index is 0.0427. The molecule has 2 atom stereocenters. The molecule has 5 heteroatoms. The number of furan rings is 1. The topological polar surface area (TPSA) is 36.7 Å². The molecule has 2 fully saturated rings. The van der Waals surface area contributed by atoms with Crippen LogP contribution in [0.15, 0.2) is 21.2 Å². The zero-order valence-corrected chi connectivity index (χ0v) is 13.4. The Labute approximate surface area is 128 Å². The maximum Gasteiger partial charge on any atom is 0.289 e. The van der Waals surface area contributed by atoms with Crippen LogP contribution in [-0.2, 0) is 0 Å². The van der Waals surface area contributed by atoms with E-state index in [0.29, 0.717) is 22.5 Å². The number of nitrogens with zero attached hydrogens (tertiary/aromatic N) is 2. The number of amides is 1. The number of halogens is 1. The molecule has 3 rings (SSSR count). The van der Waals surface area contributed by atoms with Gasteiger partial charge in [-0.05, 0) is 66.8 Å². The first-order valence-electron chi connectivity index (χ1n) is 7.51. The fraction of sp³-hybridized carbons (Fsp3) is 0.667. The second-order valence-electron chi connectivity index (χ2n) is 5.65. The van der Waals surface area contributed by atoms with Crippen molar-refractivity contribution >= 4 is 21.8 Å². The van der Waals surface area contributed by atoms with Crippen molar-refractivity contribution in [3.63, 3.8) is 0 Å². The Bertz CT molecular complexity index is 488. The smallest absolute Gasteiger partial charge is 0.289 e. The van der Waals surface area contributed by atoms with Crippen LogP contribution >= 0.6 is 15.9 Å². The summed E-state index contributed by atoms with van der Waals surface area (Å²) in [6.45, 7) is 5.32. The fourth-order valence-electron chi connectivity index (χ4n) is 3.70. The summed E-state index contributed by atoms with van der Waals surface area (Å²) in [5.41, 5.74) is 0. The average molecular weight is 341 g/mol. The maximum absolute atomic E-state index is 12.6. The number of carbonyl (C=O) groups is 1. The Morgan fingerprint density at radius 3 is 2.75 bits per heavy atom. The third-order valence-corrected chi connectivity index (χ3v) is 5.03. The van der Waals surface area contributed by atoms with E-state index in [4.69, 9.17) is 4.42 Å². The number of likely N-dealkylation sites (N-methyl/N-ethyl adjacent to an activating group) is 1. The number of hydrogen-bond donors (Lipinski definition) is 0. The molecule has 4 nitrogen and oxygen atoms in total. The molecule has 2 aliphatic rings. The van der Waals surface area contributed by atoms with Crippen molar-refractivity contribution in [2.24, 2.45) is 0 Å². The standard InChI is InChI=1S/C15H21BrN2O2/c1-2-17-9-3-5-11(17)12-6-4-10-18(12)15(19)13-7-8-14(16)20-13/h7-8,11-12H,2-6,9-10H2,1H3/t11-,12+/m1/s1. The number of rotatable bonds is 3. The summed E-state index contributed by atoms with van der Waals surface area (Å²) in [4.78, 5) is 17.2. The van der Waals surface area contributed by atoms with Crippen molar-refractivity contribution in [2.45, 2.75) is 44.7 Å². The highest BCUT2D eigenvalue weighted by Gasteiger charge is 2.39. The van der Waals surface area contributed by atoms with Gasteiger partial charge in [-0.3, -0.25) is 9.69 Å². The third kappa shape index (κ3) is 2.53. The van der Waals surface area contributed by atoms with Crippen LogP contribution in [0.3, 0.4) is 0 Å². The third-order valence-electron chi connectivity index (χ3n) is 4.61. The lowest BCUT2D eigenvalue weighted by Crippen LogP contribution is -2.48. The van der Waals surface area contributed by atoms with Crippen molar-refractivity contribution in [2.75, 3.05) is 19.6 Å². The molecule has 2 saturated heterocycles. The summed E-state index contributed by atoms with van der Waals surface area (Å²) in [6, 6.07) is 4.43. The normalized spacial score (nSPS) is 27.4. The molecule has 0 bridgehead atoms. The predicted molar refractivity (Wildman–Crippen MR) is 80.7 cm³/mol. The maximum atomic E-state index is 12.6. The summed E-state index contributed by atoms with van der Waals surface area (Å²) in [6.07, 6.45) is 4.69. The lowest BCUT2D eigenvalue weighted by atomic mass is 10.0. The fourth-order valence-corrected chi connectivity index (χ4v) is 4.00. The Morgan fingerprint density at radius 2 is 2.05 bits per heavy atom. The van der Waals surface area contributed by atoms with E-state index in [9.17, 15) is 4.79 Å². The van der Waals surface area contributed by atoms with Gasteiger partial charge in [-0.15, -0.1) is 0 Å². The molecule has 110 valence electrons. The van der Waals surface area contributed by atoms with Gasteiger partial charge in [0, 0.05) is 18.6 Å². The molecule has 0 saturated carbocycles. The van der Waals surface area contributed by atoms with Crippen LogP contribution in [0.2, 0.25) is 0 Å². The molecule has 1 aromatic heterocycles. The Balaban J connectivity index is 1.77. The molecular weight excluding hydrogens is 320 g/mol. The first kappa shape index (κ1) is 14.1. The summed E-state index contributed by atoms with van der Waals surface area (Å²) in [5, 5.41) is 0. The Kier molecular flexibility index (Phi) is 4.17. The molecule has 0 aliphatic carbocycles. The van der Waals surface area contributed by atoms with Gasteiger partial charge in [0.2, 0.25) is 0 Å². The monoisotopic (exact) mass is 340 g/mol. The molecule has 1 amide bonds. The van der Waals surface area contributed by atoms with Crippen molar-refractivity contribution in [1.29, 1.82) is 0 Å². The van der Waals surface area contributed by atoms with Crippen LogP contribution < -0.4 is 0 Å². The van der Waals surface area contributed by atoms with Gasteiger partial charge in [0.1, 0.15) is 0 Å². The highest BCUT2D eigenvalue weighted by Crippen LogP contribution is 2.31. The zero-order chi connectivity index (χ0) is 14.1. The molecule has 0 spiro atoms. The van der Waals surface area contributed by atoms with Crippen LogP contribution in [0.1, 0.15) is 43.2 Å². The van der Waals surface area contributed by atoms with Gasteiger partial charge < -0.3 is 9.32 Å². The second-order valence-corrected chi connectivity index (χ2v) is 6.43. The van der Waals surface area contributed by atoms with E-state index in [0.717, 1.165) is 25.9 Å². The lowest BCUT2D eigenvalue weighted by molar-refractivity contribution is 0.0617. The summed E-state index contributed by atoms with van der Waals surface area (Å²) >= 11 is 3.27. The van der Waals surface area contributed by atoms with E-state index in [1.807, 2.05) is 4.90 Å². The molecular formula is C15H21BrN2O2. The van der Waals surface area contributed by atoms with Gasteiger partial charge in [-0.2, -0.15) is 0 Å². The lowest BCUT2D eigenvalue weighted by Gasteiger charge is -2.34. The highest BCUT2D eigenvalue weighted by atomic mass is 79.9. The second kappa shape index (κ2) is 5.90. The van der Waals surface area contributed by atoms with Crippen molar-refractivity contribution in [1.82, 2.24) is 9.80 Å². The van der Waals surface area contributed by atoms with Crippen LogP contribution in [0, 0.1) is 0 Å². The minimum Gasteiger partial charge on any atom is -0.444 e. The van der Waals surface area contributed by atoms with Gasteiger partial charge >= 0.3 is 0 Å². The van der Waals surface area contributed by atoms with Gasteiger partial charge in [0.05, 0.1) is 0 Å². The highest BCUT2D eigenvalue weighted by molar-refractivity contribution is 9.10. The van der Waals surface area contributed by atoms with Gasteiger partial charge in [-0.1, -0.05) is 6.92 Å². The number of carbonyl (C=O) groups excluding carboxylic acids is 1. The van der Waals surface area contributed by atoms with Crippen LogP contribution in [0.25, 0.3) is 0 Å². The Morgan fingerprint density at radius 1 is 1.30 bits per heavy atom. The van der Waals surface area contributed by atoms with E-state index in [-0.39, 0.29) is 5.91 Å². The predicted octanol–water partition coefficient (Wildman–Crippen LogP) is 3.13. The number of likely N-dealkylation sites (tertiary alicyclic amines) is 2. The molecule has 0 aromatic carbocycles. The van der Waals surface area contributed by atoms with Crippen LogP contribution in [0.5, 0.6) is 0 Å². The summed E-state index contributed by atoms with van der Waals surface area (Å²) in [5.74, 6) is 0.492. The van der Waals surface area contributed by atoms with E-state index in [1.54, 1.807) is 12.1 Å². The zero-order valence-electron chi connectivity index (χ0n) is 11.8.